The zero-order valence-electron chi connectivity index (χ0n) is 17.5. The summed E-state index contributed by atoms with van der Waals surface area (Å²) in [6.45, 7) is 6.85. The first kappa shape index (κ1) is 20.3. The van der Waals surface area contributed by atoms with E-state index in [0.717, 1.165) is 52.4 Å². The molecule has 2 aromatic carbocycles. The molecule has 2 aromatic rings. The van der Waals surface area contributed by atoms with Crippen molar-refractivity contribution in [1.29, 1.82) is 0 Å². The number of ether oxygens (including phenoxy) is 1. The van der Waals surface area contributed by atoms with E-state index in [4.69, 9.17) is 4.74 Å². The van der Waals surface area contributed by atoms with Crippen molar-refractivity contribution in [2.24, 2.45) is 5.92 Å². The van der Waals surface area contributed by atoms with Crippen molar-refractivity contribution in [3.05, 3.63) is 48.0 Å². The molecule has 5 heteroatoms. The minimum atomic E-state index is 0.150. The molecule has 2 fully saturated rings. The predicted octanol–water partition coefficient (Wildman–Crippen LogP) is 2.89. The van der Waals surface area contributed by atoms with Gasteiger partial charge in [0.2, 0.25) is 5.91 Å². The number of benzene rings is 2. The van der Waals surface area contributed by atoms with E-state index in [1.54, 1.807) is 7.05 Å². The number of likely N-dealkylation sites (tertiary alicyclic amines) is 1. The van der Waals surface area contributed by atoms with Crippen LogP contribution >= 0.6 is 0 Å². The van der Waals surface area contributed by atoms with Crippen LogP contribution in [0.15, 0.2) is 42.5 Å². The van der Waals surface area contributed by atoms with Gasteiger partial charge >= 0.3 is 0 Å². The Morgan fingerprint density at radius 3 is 2.72 bits per heavy atom. The molecule has 2 aliphatic heterocycles. The number of nitrogens with one attached hydrogen (secondary N) is 1. The smallest absolute Gasteiger partial charge is 0.219 e. The maximum Gasteiger partial charge on any atom is 0.219 e. The molecule has 0 unspecified atom stereocenters. The Hall–Kier alpha value is -1.95. The fraction of sp³-hybridized carbons (Fsp3) is 0.542. The zero-order valence-corrected chi connectivity index (χ0v) is 17.5. The first-order valence-electron chi connectivity index (χ1n) is 11.0. The summed E-state index contributed by atoms with van der Waals surface area (Å²) in [5, 5.41) is 5.45. The van der Waals surface area contributed by atoms with Gasteiger partial charge in [0.15, 0.2) is 0 Å². The van der Waals surface area contributed by atoms with Gasteiger partial charge in [-0.1, -0.05) is 42.5 Å². The van der Waals surface area contributed by atoms with Gasteiger partial charge in [-0.25, -0.2) is 0 Å². The molecule has 2 atom stereocenters. The number of hydrogen-bond acceptors (Lipinski definition) is 4. The first-order chi connectivity index (χ1) is 14.2. The molecule has 0 spiro atoms. The number of hydrogen-bond donors (Lipinski definition) is 1. The van der Waals surface area contributed by atoms with Crippen molar-refractivity contribution in [2.75, 3.05) is 46.4 Å². The molecule has 0 saturated carbocycles. The van der Waals surface area contributed by atoms with Gasteiger partial charge in [0, 0.05) is 45.7 Å². The number of piperidine rings is 1. The summed E-state index contributed by atoms with van der Waals surface area (Å²) in [4.78, 5) is 17.1. The van der Waals surface area contributed by atoms with Crippen LogP contribution in [0.4, 0.5) is 0 Å². The highest BCUT2D eigenvalue weighted by molar-refractivity contribution is 5.85. The highest BCUT2D eigenvalue weighted by Gasteiger charge is 2.34. The summed E-state index contributed by atoms with van der Waals surface area (Å²) in [5.41, 5.74) is 1.40. The van der Waals surface area contributed by atoms with Crippen molar-refractivity contribution in [3.8, 4) is 0 Å². The second-order valence-corrected chi connectivity index (χ2v) is 8.35. The minimum Gasteiger partial charge on any atom is -0.379 e. The molecule has 2 aliphatic rings. The fourth-order valence-corrected chi connectivity index (χ4v) is 5.03. The third kappa shape index (κ3) is 4.97. The van der Waals surface area contributed by atoms with E-state index in [2.05, 4.69) is 57.6 Å². The Morgan fingerprint density at radius 1 is 1.10 bits per heavy atom. The molecule has 0 bridgehead atoms. The molecular formula is C24H33N3O2. The normalized spacial score (nSPS) is 23.9. The number of carbonyl (C=O) groups excluding carboxylic acids is 1. The summed E-state index contributed by atoms with van der Waals surface area (Å²) in [7, 11) is 1.73. The monoisotopic (exact) mass is 395 g/mol. The van der Waals surface area contributed by atoms with Crippen molar-refractivity contribution < 1.29 is 9.53 Å². The van der Waals surface area contributed by atoms with Crippen molar-refractivity contribution in [1.82, 2.24) is 15.1 Å². The second kappa shape index (κ2) is 9.70. The third-order valence-electron chi connectivity index (χ3n) is 6.59. The molecule has 0 radical (unpaired) electrons. The average Bonchev–Trinajstić information content (AvgIpc) is 2.78. The standard InChI is InChI=1S/C24H33N3O2/c1-25-24(28)10-9-21-18-26(12-11-23(21)27-13-15-29-16-14-27)17-20-7-4-6-19-5-2-3-8-22(19)20/h2-8,21,23H,9-18H2,1H3,(H,25,28)/t21-,23+/m1/s1. The number of fused-ring (bicyclic) bond motifs is 1. The molecule has 2 heterocycles. The van der Waals surface area contributed by atoms with Crippen LogP contribution in [0.2, 0.25) is 0 Å². The summed E-state index contributed by atoms with van der Waals surface area (Å²) < 4.78 is 5.57. The van der Waals surface area contributed by atoms with Crippen LogP contribution in [0.25, 0.3) is 10.8 Å². The van der Waals surface area contributed by atoms with E-state index >= 15 is 0 Å². The molecular weight excluding hydrogens is 362 g/mol. The van der Waals surface area contributed by atoms with E-state index in [1.807, 2.05) is 0 Å². The van der Waals surface area contributed by atoms with Gasteiger partial charge in [-0.05, 0) is 41.6 Å². The lowest BCUT2D eigenvalue weighted by molar-refractivity contribution is -0.121. The van der Waals surface area contributed by atoms with Crippen LogP contribution in [0.5, 0.6) is 0 Å². The Kier molecular flexibility index (Phi) is 6.80. The van der Waals surface area contributed by atoms with E-state index in [1.165, 1.54) is 22.8 Å². The molecule has 2 saturated heterocycles. The molecule has 4 rings (SSSR count). The van der Waals surface area contributed by atoms with Gasteiger partial charge < -0.3 is 10.1 Å². The maximum atomic E-state index is 11.9. The number of carbonyl (C=O) groups is 1. The number of nitrogens with zero attached hydrogens (tertiary/aromatic N) is 2. The lowest BCUT2D eigenvalue weighted by atomic mass is 9.86. The fourth-order valence-electron chi connectivity index (χ4n) is 5.03. The summed E-state index contributed by atoms with van der Waals surface area (Å²) >= 11 is 0. The van der Waals surface area contributed by atoms with Gasteiger partial charge in [0.1, 0.15) is 0 Å². The molecule has 1 amide bonds. The summed E-state index contributed by atoms with van der Waals surface area (Å²) in [6.07, 6.45) is 2.74. The van der Waals surface area contributed by atoms with E-state index in [9.17, 15) is 4.79 Å². The van der Waals surface area contributed by atoms with Crippen LogP contribution in [0.3, 0.4) is 0 Å². The quantitative estimate of drug-likeness (QED) is 0.817. The maximum absolute atomic E-state index is 11.9. The van der Waals surface area contributed by atoms with Crippen LogP contribution in [0, 0.1) is 5.92 Å². The van der Waals surface area contributed by atoms with E-state index < -0.39 is 0 Å². The van der Waals surface area contributed by atoms with Gasteiger partial charge in [-0.15, -0.1) is 0 Å². The largest absolute Gasteiger partial charge is 0.379 e. The number of morpholine rings is 1. The average molecular weight is 396 g/mol. The van der Waals surface area contributed by atoms with Gasteiger partial charge in [-0.2, -0.15) is 0 Å². The van der Waals surface area contributed by atoms with Crippen LogP contribution in [-0.4, -0.2) is 68.2 Å². The van der Waals surface area contributed by atoms with Crippen molar-refractivity contribution >= 4 is 16.7 Å². The van der Waals surface area contributed by atoms with Crippen molar-refractivity contribution in [2.45, 2.75) is 31.8 Å². The first-order valence-corrected chi connectivity index (χ1v) is 11.0. The Labute approximate surface area is 174 Å². The minimum absolute atomic E-state index is 0.150. The molecule has 156 valence electrons. The van der Waals surface area contributed by atoms with Crippen LogP contribution in [-0.2, 0) is 16.1 Å². The Balaban J connectivity index is 1.47. The second-order valence-electron chi connectivity index (χ2n) is 8.35. The summed E-state index contributed by atoms with van der Waals surface area (Å²) in [6, 6.07) is 15.8. The van der Waals surface area contributed by atoms with Crippen LogP contribution < -0.4 is 5.32 Å². The van der Waals surface area contributed by atoms with Gasteiger partial charge in [0.25, 0.3) is 0 Å². The lowest BCUT2D eigenvalue weighted by Crippen LogP contribution is -2.54. The number of rotatable bonds is 6. The van der Waals surface area contributed by atoms with Gasteiger partial charge in [0.05, 0.1) is 13.2 Å². The highest BCUT2D eigenvalue weighted by atomic mass is 16.5. The molecule has 29 heavy (non-hydrogen) atoms. The van der Waals surface area contributed by atoms with Crippen LogP contribution in [0.1, 0.15) is 24.8 Å². The van der Waals surface area contributed by atoms with E-state index in [-0.39, 0.29) is 5.91 Å². The van der Waals surface area contributed by atoms with Crippen molar-refractivity contribution in [3.63, 3.8) is 0 Å². The molecule has 0 aromatic heterocycles. The Bertz CT molecular complexity index is 813. The molecule has 1 N–H and O–H groups in total. The Morgan fingerprint density at radius 2 is 1.90 bits per heavy atom. The third-order valence-corrected chi connectivity index (χ3v) is 6.59. The van der Waals surface area contributed by atoms with E-state index in [0.29, 0.717) is 18.4 Å². The topological polar surface area (TPSA) is 44.8 Å². The predicted molar refractivity (Wildman–Crippen MR) is 117 cm³/mol. The van der Waals surface area contributed by atoms with Gasteiger partial charge in [-0.3, -0.25) is 14.6 Å². The lowest BCUT2D eigenvalue weighted by Gasteiger charge is -2.45. The molecule has 5 nitrogen and oxygen atoms in total. The SMILES string of the molecule is CNC(=O)CC[C@@H]1CN(Cc2cccc3ccccc23)CC[C@@H]1N1CCOCC1. The highest BCUT2D eigenvalue weighted by Crippen LogP contribution is 2.29. The zero-order chi connectivity index (χ0) is 20.1. The number of amides is 1. The molecule has 0 aliphatic carbocycles. The summed E-state index contributed by atoms with van der Waals surface area (Å²) in [5.74, 6) is 0.672.